The minimum absolute atomic E-state index is 0.187. The van der Waals surface area contributed by atoms with E-state index in [0.717, 1.165) is 0 Å². The molecule has 2 atom stereocenters. The molecule has 0 saturated heterocycles. The minimum atomic E-state index is -3.55. The van der Waals surface area contributed by atoms with Gasteiger partial charge in [0.1, 0.15) is 0 Å². The third-order valence-electron chi connectivity index (χ3n) is 1.54. The van der Waals surface area contributed by atoms with E-state index in [9.17, 15) is 9.13 Å². The molecule has 0 amide bonds. The van der Waals surface area contributed by atoms with Crippen LogP contribution >= 0.6 is 15.6 Å². The van der Waals surface area contributed by atoms with Gasteiger partial charge < -0.3 is 13.8 Å². The quantitative estimate of drug-likeness (QED) is 0.601. The van der Waals surface area contributed by atoms with E-state index in [1.807, 2.05) is 0 Å². The molecule has 0 aliphatic rings. The Kier molecular flexibility index (Phi) is 8.38. The highest BCUT2D eigenvalue weighted by molar-refractivity contribution is 7.66. The van der Waals surface area contributed by atoms with Crippen LogP contribution in [0.1, 0.15) is 20.8 Å². The van der Waals surface area contributed by atoms with E-state index in [0.29, 0.717) is 0 Å². The van der Waals surface area contributed by atoms with Gasteiger partial charge in [-0.05, 0) is 25.3 Å². The van der Waals surface area contributed by atoms with Crippen LogP contribution in [-0.2, 0) is 27.4 Å². The molecular weight excluding hydrogens is 254 g/mol. The first-order valence-electron chi connectivity index (χ1n) is 5.06. The summed E-state index contributed by atoms with van der Waals surface area (Å²) in [6.45, 7) is 5.65. The first kappa shape index (κ1) is 16.2. The lowest BCUT2D eigenvalue weighted by atomic mass is 10.9. The number of ether oxygens (including phenoxy) is 1. The normalized spacial score (nSPS) is 14.9. The largest absolute Gasteiger partial charge is 0.554 e. The molecule has 96 valence electrons. The summed E-state index contributed by atoms with van der Waals surface area (Å²) < 4.78 is 43.7. The van der Waals surface area contributed by atoms with E-state index < -0.39 is 21.2 Å². The molecule has 0 aromatic carbocycles. The molecule has 0 rings (SSSR count). The smallest absolute Gasteiger partial charge is 0.327 e. The van der Waals surface area contributed by atoms with Gasteiger partial charge >= 0.3 is 21.2 Å². The van der Waals surface area contributed by atoms with Crippen LogP contribution < -0.4 is 0 Å². The Morgan fingerprint density at radius 2 is 1.62 bits per heavy atom. The van der Waals surface area contributed by atoms with Crippen molar-refractivity contribution in [2.24, 2.45) is 0 Å². The molecule has 8 heteroatoms. The third-order valence-corrected chi connectivity index (χ3v) is 6.02. The zero-order chi connectivity index (χ0) is 12.6. The summed E-state index contributed by atoms with van der Waals surface area (Å²) >= 11 is 0. The van der Waals surface area contributed by atoms with Gasteiger partial charge in [-0.3, -0.25) is 4.57 Å². The molecule has 0 aromatic heterocycles. The number of hydrogen-bond donors (Lipinski definition) is 0. The van der Waals surface area contributed by atoms with Gasteiger partial charge in [0.15, 0.2) is 0 Å². The lowest BCUT2D eigenvalue weighted by Gasteiger charge is -2.17. The van der Waals surface area contributed by atoms with Crippen molar-refractivity contribution in [3.05, 3.63) is 0 Å². The maximum atomic E-state index is 12.2. The van der Waals surface area contributed by atoms with E-state index in [2.05, 4.69) is 0 Å². The SMILES string of the molecule is CCO[P+](=O)C(OC)P(=O)(OCC)OCC. The molecule has 0 radical (unpaired) electrons. The van der Waals surface area contributed by atoms with Gasteiger partial charge in [-0.15, -0.1) is 4.52 Å². The van der Waals surface area contributed by atoms with Crippen molar-refractivity contribution < 1.29 is 27.4 Å². The molecule has 0 fully saturated rings. The molecular formula is C8H19O6P2+. The summed E-state index contributed by atoms with van der Waals surface area (Å²) in [6, 6.07) is 0. The van der Waals surface area contributed by atoms with Crippen LogP contribution in [0.5, 0.6) is 0 Å². The van der Waals surface area contributed by atoms with Crippen LogP contribution in [-0.4, -0.2) is 32.5 Å². The Morgan fingerprint density at radius 1 is 1.12 bits per heavy atom. The standard InChI is InChI=1S/C8H19O6P2/c1-5-12-15(9)8(11-4)16(10,13-6-2)14-7-3/h8H,5-7H2,1-4H3/q+1. The Bertz CT molecular complexity index is 247. The van der Waals surface area contributed by atoms with E-state index >= 15 is 0 Å². The van der Waals surface area contributed by atoms with E-state index in [-0.39, 0.29) is 19.8 Å². The lowest BCUT2D eigenvalue weighted by Crippen LogP contribution is -2.12. The second-order valence-electron chi connectivity index (χ2n) is 2.64. The highest BCUT2D eigenvalue weighted by Gasteiger charge is 2.52. The lowest BCUT2D eigenvalue weighted by molar-refractivity contribution is 0.140. The van der Waals surface area contributed by atoms with Crippen molar-refractivity contribution in [2.45, 2.75) is 26.4 Å². The molecule has 16 heavy (non-hydrogen) atoms. The molecule has 0 bridgehead atoms. The third kappa shape index (κ3) is 4.58. The Hall–Kier alpha value is 0.170. The van der Waals surface area contributed by atoms with Gasteiger partial charge in [-0.1, -0.05) is 0 Å². The average molecular weight is 273 g/mol. The van der Waals surface area contributed by atoms with Gasteiger partial charge in [0.05, 0.1) is 19.8 Å². The van der Waals surface area contributed by atoms with E-state index in [1.54, 1.807) is 20.8 Å². The zero-order valence-electron chi connectivity index (χ0n) is 10.0. The molecule has 0 aliphatic carbocycles. The van der Waals surface area contributed by atoms with Crippen molar-refractivity contribution in [3.8, 4) is 0 Å². The van der Waals surface area contributed by atoms with Gasteiger partial charge in [-0.25, -0.2) is 0 Å². The molecule has 0 saturated carbocycles. The van der Waals surface area contributed by atoms with Crippen LogP contribution in [0, 0.1) is 0 Å². The fourth-order valence-electron chi connectivity index (χ4n) is 1.05. The van der Waals surface area contributed by atoms with Gasteiger partial charge in [0, 0.05) is 7.11 Å². The summed E-state index contributed by atoms with van der Waals surface area (Å²) in [5, 5.41) is 0. The number of rotatable bonds is 9. The van der Waals surface area contributed by atoms with Crippen LogP contribution in [0.2, 0.25) is 0 Å². The van der Waals surface area contributed by atoms with Gasteiger partial charge in [-0.2, -0.15) is 0 Å². The first-order chi connectivity index (χ1) is 7.55. The summed E-state index contributed by atoms with van der Waals surface area (Å²) in [5.74, 6) is 0. The summed E-state index contributed by atoms with van der Waals surface area (Å²) in [5.41, 5.74) is -1.18. The predicted molar refractivity (Wildman–Crippen MR) is 60.9 cm³/mol. The van der Waals surface area contributed by atoms with Gasteiger partial charge in [0.25, 0.3) is 0 Å². The van der Waals surface area contributed by atoms with Crippen LogP contribution in [0.3, 0.4) is 0 Å². The van der Waals surface area contributed by atoms with Crippen molar-refractivity contribution in [1.29, 1.82) is 0 Å². The van der Waals surface area contributed by atoms with Crippen molar-refractivity contribution >= 4 is 15.6 Å². The Balaban J connectivity index is 4.83. The summed E-state index contributed by atoms with van der Waals surface area (Å²) in [7, 11) is -4.49. The highest BCUT2D eigenvalue weighted by Crippen LogP contribution is 2.61. The Morgan fingerprint density at radius 3 is 1.94 bits per heavy atom. The van der Waals surface area contributed by atoms with Gasteiger partial charge in [0.2, 0.25) is 0 Å². The summed E-state index contributed by atoms with van der Waals surface area (Å²) in [6.07, 6.45) is 0. The maximum absolute atomic E-state index is 12.2. The number of methoxy groups -OCH3 is 1. The molecule has 0 aliphatic heterocycles. The zero-order valence-corrected chi connectivity index (χ0v) is 11.8. The van der Waals surface area contributed by atoms with Crippen LogP contribution in [0.4, 0.5) is 0 Å². The fraction of sp³-hybridized carbons (Fsp3) is 1.00. The Labute approximate surface area is 97.0 Å². The fourth-order valence-corrected chi connectivity index (χ4v) is 4.43. The second-order valence-corrected chi connectivity index (χ2v) is 6.41. The minimum Gasteiger partial charge on any atom is -0.327 e. The number of hydrogen-bond acceptors (Lipinski definition) is 6. The van der Waals surface area contributed by atoms with E-state index in [1.165, 1.54) is 7.11 Å². The first-order valence-corrected chi connectivity index (χ1v) is 7.92. The molecule has 2 unspecified atom stereocenters. The highest BCUT2D eigenvalue weighted by atomic mass is 31.2. The molecule has 0 aromatic rings. The van der Waals surface area contributed by atoms with Crippen LogP contribution in [0.25, 0.3) is 0 Å². The van der Waals surface area contributed by atoms with Crippen molar-refractivity contribution in [1.82, 2.24) is 0 Å². The summed E-state index contributed by atoms with van der Waals surface area (Å²) in [4.78, 5) is 0. The second kappa shape index (κ2) is 8.29. The van der Waals surface area contributed by atoms with Crippen LogP contribution in [0.15, 0.2) is 0 Å². The van der Waals surface area contributed by atoms with Crippen molar-refractivity contribution in [3.63, 3.8) is 0 Å². The molecule has 0 spiro atoms. The maximum Gasteiger partial charge on any atom is 0.554 e. The topological polar surface area (TPSA) is 71.1 Å². The van der Waals surface area contributed by atoms with E-state index in [4.69, 9.17) is 18.3 Å². The monoisotopic (exact) mass is 273 g/mol. The predicted octanol–water partition coefficient (Wildman–Crippen LogP) is 2.96. The molecule has 6 nitrogen and oxygen atoms in total. The van der Waals surface area contributed by atoms with Crippen molar-refractivity contribution in [2.75, 3.05) is 26.9 Å². The average Bonchev–Trinajstić information content (AvgIpc) is 2.19. The molecule has 0 heterocycles. The molecule has 0 N–H and O–H groups in total.